The molecule has 2 aromatic carbocycles. The van der Waals surface area contributed by atoms with Crippen molar-refractivity contribution in [2.45, 2.75) is 5.05 Å². The van der Waals surface area contributed by atoms with Crippen molar-refractivity contribution in [1.82, 2.24) is 0 Å². The highest BCUT2D eigenvalue weighted by Gasteiger charge is 1.94. The highest BCUT2D eigenvalue weighted by molar-refractivity contribution is 6.52. The first kappa shape index (κ1) is 10.8. The molecule has 0 aliphatic heterocycles. The van der Waals surface area contributed by atoms with Crippen LogP contribution in [0, 0.1) is 0 Å². The summed E-state index contributed by atoms with van der Waals surface area (Å²) in [6.07, 6.45) is 0. The molecule has 0 radical (unpaired) electrons. The van der Waals surface area contributed by atoms with Gasteiger partial charge in [0.2, 0.25) is 0 Å². The molecule has 0 aromatic heterocycles. The molecule has 0 aliphatic carbocycles. The van der Waals surface area contributed by atoms with E-state index in [-0.39, 0.29) is 32.8 Å². The first-order chi connectivity index (χ1) is 5.90. The Bertz CT molecular complexity index is 398. The van der Waals surface area contributed by atoms with Crippen molar-refractivity contribution in [3.8, 4) is 0 Å². The summed E-state index contributed by atoms with van der Waals surface area (Å²) >= 11 is 0.00303. The van der Waals surface area contributed by atoms with E-state index in [1.165, 1.54) is 10.8 Å². The molecular weight excluding hydrogens is 192 g/mol. The molecule has 0 bridgehead atoms. The van der Waals surface area contributed by atoms with E-state index in [1.807, 2.05) is 0 Å². The van der Waals surface area contributed by atoms with Crippen molar-refractivity contribution in [3.63, 3.8) is 0 Å². The molecule has 0 saturated heterocycles. The smallest absolute Gasteiger partial charge is 0.174 e. The Balaban J connectivity index is 0.000000845. The lowest BCUT2D eigenvalue weighted by molar-refractivity contribution is 1.78. The third kappa shape index (κ3) is 2.36. The third-order valence-electron chi connectivity index (χ3n) is 2.22. The number of hydrogen-bond acceptors (Lipinski definition) is 0. The van der Waals surface area contributed by atoms with Gasteiger partial charge in [0, 0.05) is 0 Å². The summed E-state index contributed by atoms with van der Waals surface area (Å²) in [7, 11) is 0. The van der Waals surface area contributed by atoms with Gasteiger partial charge in [0.1, 0.15) is 0 Å². The fraction of sp³-hybridized carbons (Fsp3) is 0.0909. The van der Waals surface area contributed by atoms with Gasteiger partial charge in [-0.05, 0) is 10.8 Å². The average Bonchev–Trinajstić information content (AvgIpc) is 2.17. The molecule has 2 heteroatoms. The van der Waals surface area contributed by atoms with E-state index in [9.17, 15) is 0 Å². The summed E-state index contributed by atoms with van der Waals surface area (Å²) in [4.78, 5) is 0. The van der Waals surface area contributed by atoms with Crippen LogP contribution in [0.15, 0.2) is 42.5 Å². The molecule has 0 N–H and O–H groups in total. The van der Waals surface area contributed by atoms with Gasteiger partial charge in [-0.3, -0.25) is 0 Å². The normalized spacial score (nSPS) is 9.00. The van der Waals surface area contributed by atoms with Gasteiger partial charge in [0.25, 0.3) is 0 Å². The Morgan fingerprint density at radius 1 is 0.923 bits per heavy atom. The van der Waals surface area contributed by atoms with Gasteiger partial charge in [0.05, 0.1) is 0 Å². The molecule has 0 nitrogen and oxygen atoms in total. The van der Waals surface area contributed by atoms with Crippen LogP contribution in [0.5, 0.6) is 0 Å². The monoisotopic (exact) mass is 202 g/mol. The minimum atomic E-state index is 0. The van der Waals surface area contributed by atoms with E-state index in [0.29, 0.717) is 0 Å². The third-order valence-corrected chi connectivity index (χ3v) is 3.48. The number of fused-ring (bicyclic) bond motifs is 1. The van der Waals surface area contributed by atoms with Gasteiger partial charge in [-0.15, -0.1) is 17.5 Å². The predicted octanol–water partition coefficient (Wildman–Crippen LogP) is 2.64. The molecule has 0 unspecified atom stereocenters. The Morgan fingerprint density at radius 2 is 1.62 bits per heavy atom. The van der Waals surface area contributed by atoms with Gasteiger partial charge in [0.15, 0.2) is 0 Å². The van der Waals surface area contributed by atoms with Gasteiger partial charge >= 0.3 is 20.4 Å². The Morgan fingerprint density at radius 3 is 2.31 bits per heavy atom. The van der Waals surface area contributed by atoms with Crippen LogP contribution >= 0.6 is 12.4 Å². The second-order valence-corrected chi connectivity index (χ2v) is 4.56. The molecular formula is C11H11ClMg. The molecule has 0 spiro atoms. The summed E-state index contributed by atoms with van der Waals surface area (Å²) in [5, 5.41) is 5.05. The van der Waals surface area contributed by atoms with Crippen LogP contribution in [-0.4, -0.2) is 20.4 Å². The standard InChI is InChI=1S/C10H7.CH3.ClH.Mg/c1-2-6-10-8-4-3-7-9(10)5-1;;;/h1-3,5-8H;1H3;1H;. The molecule has 0 fully saturated rings. The molecule has 2 rings (SSSR count). The van der Waals surface area contributed by atoms with E-state index in [2.05, 4.69) is 47.5 Å². The van der Waals surface area contributed by atoms with Gasteiger partial charge in [-0.1, -0.05) is 42.5 Å². The zero-order chi connectivity index (χ0) is 8.39. The minimum absolute atomic E-state index is 0. The second-order valence-electron chi connectivity index (χ2n) is 3.04. The number of hydrogen-bond donors (Lipinski definition) is 0. The van der Waals surface area contributed by atoms with Crippen molar-refractivity contribution in [2.24, 2.45) is 0 Å². The van der Waals surface area contributed by atoms with Crippen LogP contribution in [-0.2, 0) is 0 Å². The summed E-state index contributed by atoms with van der Waals surface area (Å²) in [5.41, 5.74) is 0. The van der Waals surface area contributed by atoms with Crippen molar-refractivity contribution >= 4 is 47.2 Å². The zero-order valence-corrected chi connectivity index (χ0v) is 9.89. The number of halogens is 1. The molecule has 64 valence electrons. The van der Waals surface area contributed by atoms with Crippen molar-refractivity contribution in [1.29, 1.82) is 0 Å². The molecule has 0 aliphatic rings. The summed E-state index contributed by atoms with van der Waals surface area (Å²) in [6.45, 7) is 0. The number of benzene rings is 2. The van der Waals surface area contributed by atoms with Crippen LogP contribution in [0.3, 0.4) is 0 Å². The van der Waals surface area contributed by atoms with Crippen LogP contribution in [0.25, 0.3) is 10.8 Å². The van der Waals surface area contributed by atoms with Gasteiger partial charge in [-0.25, -0.2) is 0 Å². The Kier molecular flexibility index (Phi) is 4.04. The SMILES string of the molecule is Cl.[CH3][Mg][c]1ccc2ccccc2c1. The van der Waals surface area contributed by atoms with Gasteiger partial charge < -0.3 is 0 Å². The van der Waals surface area contributed by atoms with E-state index < -0.39 is 0 Å². The van der Waals surface area contributed by atoms with E-state index in [0.717, 1.165) is 0 Å². The molecule has 0 saturated carbocycles. The van der Waals surface area contributed by atoms with Gasteiger partial charge in [-0.2, -0.15) is 3.69 Å². The highest BCUT2D eigenvalue weighted by Crippen LogP contribution is 2.10. The van der Waals surface area contributed by atoms with E-state index in [4.69, 9.17) is 0 Å². The summed E-state index contributed by atoms with van der Waals surface area (Å²) in [5.74, 6) is 0. The molecule has 13 heavy (non-hydrogen) atoms. The molecule has 0 atom stereocenters. The first-order valence-electron chi connectivity index (χ1n) is 4.38. The molecule has 0 amide bonds. The summed E-state index contributed by atoms with van der Waals surface area (Å²) < 4.78 is 1.55. The lowest BCUT2D eigenvalue weighted by Crippen LogP contribution is -2.08. The van der Waals surface area contributed by atoms with Crippen LogP contribution in [0.4, 0.5) is 0 Å². The minimum Gasteiger partial charge on any atom is -0.174 e. The first-order valence-corrected chi connectivity index (χ1v) is 6.50. The Hall–Kier alpha value is -0.244. The lowest BCUT2D eigenvalue weighted by Gasteiger charge is -1.99. The largest absolute Gasteiger partial charge is 0.404 e. The predicted molar refractivity (Wildman–Crippen MR) is 62.4 cm³/mol. The second kappa shape index (κ2) is 4.84. The highest BCUT2D eigenvalue weighted by atomic mass is 35.5. The maximum absolute atomic E-state index is 2.32. The zero-order valence-electron chi connectivity index (χ0n) is 7.66. The molecule has 2 aromatic rings. The fourth-order valence-electron chi connectivity index (χ4n) is 1.46. The Labute approximate surface area is 94.5 Å². The van der Waals surface area contributed by atoms with E-state index in [1.54, 1.807) is 3.69 Å². The van der Waals surface area contributed by atoms with Crippen molar-refractivity contribution in [3.05, 3.63) is 42.5 Å². The van der Waals surface area contributed by atoms with Crippen LogP contribution in [0.1, 0.15) is 0 Å². The number of rotatable bonds is 1. The van der Waals surface area contributed by atoms with E-state index >= 15 is 0 Å². The van der Waals surface area contributed by atoms with Crippen molar-refractivity contribution < 1.29 is 0 Å². The maximum Gasteiger partial charge on any atom is 0.404 e. The van der Waals surface area contributed by atoms with Crippen LogP contribution in [0.2, 0.25) is 5.05 Å². The fourth-order valence-corrected chi connectivity index (χ4v) is 2.24. The average molecular weight is 203 g/mol. The molecule has 0 heterocycles. The summed E-state index contributed by atoms with van der Waals surface area (Å²) in [6, 6.07) is 15.3. The quantitative estimate of drug-likeness (QED) is 0.625. The maximum atomic E-state index is 2.32. The topological polar surface area (TPSA) is 0 Å². The van der Waals surface area contributed by atoms with Crippen LogP contribution < -0.4 is 3.69 Å². The van der Waals surface area contributed by atoms with Crippen molar-refractivity contribution in [2.75, 3.05) is 0 Å². The lowest BCUT2D eigenvalue weighted by atomic mass is 10.1.